The van der Waals surface area contributed by atoms with E-state index in [0.717, 1.165) is 18.7 Å². The maximum absolute atomic E-state index is 5.80. The molecule has 0 spiro atoms. The molecule has 4 heteroatoms. The van der Waals surface area contributed by atoms with Crippen molar-refractivity contribution in [3.63, 3.8) is 0 Å². The summed E-state index contributed by atoms with van der Waals surface area (Å²) < 4.78 is 5.80. The summed E-state index contributed by atoms with van der Waals surface area (Å²) in [5.74, 6) is 0.705. The molecule has 1 rings (SSSR count). The minimum Gasteiger partial charge on any atom is -0.519 e. The van der Waals surface area contributed by atoms with Crippen molar-refractivity contribution < 1.29 is 9.26 Å². The SMILES string of the molecule is CC(C)=C(ON1CC1)O[Si](C)(C)C. The van der Waals surface area contributed by atoms with Gasteiger partial charge in [0, 0.05) is 5.57 Å². The van der Waals surface area contributed by atoms with Crippen molar-refractivity contribution in [2.45, 2.75) is 33.5 Å². The third-order valence-electron chi connectivity index (χ3n) is 1.43. The molecule has 0 saturated carbocycles. The molecule has 3 nitrogen and oxygen atoms in total. The molecule has 0 unspecified atom stereocenters. The summed E-state index contributed by atoms with van der Waals surface area (Å²) in [5, 5.41) is 1.89. The van der Waals surface area contributed by atoms with Crippen LogP contribution in [0.5, 0.6) is 0 Å². The van der Waals surface area contributed by atoms with E-state index in [1.54, 1.807) is 0 Å². The van der Waals surface area contributed by atoms with Crippen LogP contribution >= 0.6 is 0 Å². The van der Waals surface area contributed by atoms with Crippen LogP contribution in [0, 0.1) is 0 Å². The van der Waals surface area contributed by atoms with Gasteiger partial charge < -0.3 is 9.26 Å². The molecule has 1 heterocycles. The molecule has 0 bridgehead atoms. The molecule has 1 saturated heterocycles. The van der Waals surface area contributed by atoms with Gasteiger partial charge in [-0.05, 0) is 33.5 Å². The lowest BCUT2D eigenvalue weighted by Crippen LogP contribution is -2.26. The molecule has 0 N–H and O–H groups in total. The Morgan fingerprint density at radius 2 is 1.69 bits per heavy atom. The molecule has 0 radical (unpaired) electrons. The van der Waals surface area contributed by atoms with Crippen molar-refractivity contribution in [2.24, 2.45) is 0 Å². The fourth-order valence-corrected chi connectivity index (χ4v) is 1.54. The van der Waals surface area contributed by atoms with Gasteiger partial charge in [-0.2, -0.15) is 0 Å². The highest BCUT2D eigenvalue weighted by Gasteiger charge is 2.25. The van der Waals surface area contributed by atoms with Gasteiger partial charge in [0.2, 0.25) is 8.32 Å². The lowest BCUT2D eigenvalue weighted by molar-refractivity contribution is -0.0656. The average Bonchev–Trinajstić information content (AvgIpc) is 2.66. The quantitative estimate of drug-likeness (QED) is 0.396. The lowest BCUT2D eigenvalue weighted by atomic mass is 10.4. The highest BCUT2D eigenvalue weighted by molar-refractivity contribution is 6.70. The first-order valence-electron chi connectivity index (χ1n) is 4.68. The zero-order valence-electron chi connectivity index (χ0n) is 9.18. The van der Waals surface area contributed by atoms with Gasteiger partial charge in [0.25, 0.3) is 5.95 Å². The number of hydroxylamine groups is 2. The molecule has 1 fully saturated rings. The Balaban J connectivity index is 2.52. The van der Waals surface area contributed by atoms with Crippen LogP contribution in [-0.4, -0.2) is 26.5 Å². The minimum atomic E-state index is -1.53. The van der Waals surface area contributed by atoms with Crippen LogP contribution in [0.15, 0.2) is 11.5 Å². The smallest absolute Gasteiger partial charge is 0.284 e. The van der Waals surface area contributed by atoms with E-state index < -0.39 is 8.32 Å². The summed E-state index contributed by atoms with van der Waals surface area (Å²) in [5.41, 5.74) is 1.11. The third-order valence-corrected chi connectivity index (χ3v) is 2.22. The monoisotopic (exact) mass is 201 g/mol. The maximum atomic E-state index is 5.80. The Labute approximate surface area is 81.4 Å². The Kier molecular flexibility index (Phi) is 3.03. The zero-order valence-corrected chi connectivity index (χ0v) is 10.2. The van der Waals surface area contributed by atoms with Crippen molar-refractivity contribution in [1.29, 1.82) is 0 Å². The van der Waals surface area contributed by atoms with E-state index in [9.17, 15) is 0 Å². The van der Waals surface area contributed by atoms with E-state index in [1.807, 2.05) is 18.9 Å². The highest BCUT2D eigenvalue weighted by atomic mass is 28.4. The van der Waals surface area contributed by atoms with Crippen molar-refractivity contribution in [3.05, 3.63) is 11.5 Å². The van der Waals surface area contributed by atoms with Crippen LogP contribution < -0.4 is 0 Å². The molecule has 0 aromatic rings. The van der Waals surface area contributed by atoms with E-state index in [0.29, 0.717) is 5.95 Å². The molecule has 0 atom stereocenters. The largest absolute Gasteiger partial charge is 0.519 e. The molecule has 0 aromatic carbocycles. The molecule has 0 aromatic heterocycles. The van der Waals surface area contributed by atoms with Gasteiger partial charge >= 0.3 is 0 Å². The molecule has 0 aliphatic carbocycles. The first-order valence-corrected chi connectivity index (χ1v) is 8.09. The van der Waals surface area contributed by atoms with Gasteiger partial charge in [-0.15, -0.1) is 5.06 Å². The summed E-state index contributed by atoms with van der Waals surface area (Å²) in [6.07, 6.45) is 0. The van der Waals surface area contributed by atoms with Crippen LogP contribution in [0.1, 0.15) is 13.8 Å². The molecular weight excluding hydrogens is 182 g/mol. The van der Waals surface area contributed by atoms with Crippen LogP contribution in [0.3, 0.4) is 0 Å². The number of allylic oxidation sites excluding steroid dienone is 1. The summed E-state index contributed by atoms with van der Waals surface area (Å²) in [6, 6.07) is 0. The van der Waals surface area contributed by atoms with E-state index in [4.69, 9.17) is 9.26 Å². The average molecular weight is 201 g/mol. The maximum Gasteiger partial charge on any atom is 0.284 e. The normalized spacial score (nSPS) is 16.7. The standard InChI is InChI=1S/C9H19NO2Si/c1-8(2)9(11-10-6-7-10)12-13(3,4)5/h6-7H2,1-5H3. The van der Waals surface area contributed by atoms with Crippen molar-refractivity contribution >= 4 is 8.32 Å². The Morgan fingerprint density at radius 1 is 1.15 bits per heavy atom. The minimum absolute atomic E-state index is 0.705. The summed E-state index contributed by atoms with van der Waals surface area (Å²) in [4.78, 5) is 5.52. The number of rotatable bonds is 4. The Morgan fingerprint density at radius 3 is 2.00 bits per heavy atom. The second kappa shape index (κ2) is 3.72. The second-order valence-electron chi connectivity index (χ2n) is 4.52. The number of hydrogen-bond acceptors (Lipinski definition) is 3. The fourth-order valence-electron chi connectivity index (χ4n) is 0.739. The van der Waals surface area contributed by atoms with Crippen LogP contribution in [-0.2, 0) is 9.26 Å². The van der Waals surface area contributed by atoms with E-state index in [1.165, 1.54) is 0 Å². The molecular formula is C9H19NO2Si. The van der Waals surface area contributed by atoms with Gasteiger partial charge in [0.1, 0.15) is 0 Å². The van der Waals surface area contributed by atoms with Crippen molar-refractivity contribution in [3.8, 4) is 0 Å². The third kappa shape index (κ3) is 4.33. The van der Waals surface area contributed by atoms with Crippen molar-refractivity contribution in [1.82, 2.24) is 5.06 Å². The number of hydrogen-bond donors (Lipinski definition) is 0. The van der Waals surface area contributed by atoms with E-state index in [-0.39, 0.29) is 0 Å². The van der Waals surface area contributed by atoms with Crippen LogP contribution in [0.25, 0.3) is 0 Å². The molecule has 76 valence electrons. The van der Waals surface area contributed by atoms with Gasteiger partial charge in [0.05, 0.1) is 13.1 Å². The Hall–Kier alpha value is -0.483. The zero-order chi connectivity index (χ0) is 10.1. The lowest BCUT2D eigenvalue weighted by Gasteiger charge is -2.22. The predicted molar refractivity (Wildman–Crippen MR) is 55.5 cm³/mol. The fraction of sp³-hybridized carbons (Fsp3) is 0.778. The highest BCUT2D eigenvalue weighted by Crippen LogP contribution is 2.19. The van der Waals surface area contributed by atoms with Gasteiger partial charge in [0.15, 0.2) is 0 Å². The number of nitrogens with zero attached hydrogens (tertiary/aromatic N) is 1. The van der Waals surface area contributed by atoms with E-state index in [2.05, 4.69) is 19.6 Å². The van der Waals surface area contributed by atoms with Crippen LogP contribution in [0.2, 0.25) is 19.6 Å². The van der Waals surface area contributed by atoms with Crippen LogP contribution in [0.4, 0.5) is 0 Å². The first-order chi connectivity index (χ1) is 5.88. The summed E-state index contributed by atoms with van der Waals surface area (Å²) in [6.45, 7) is 12.5. The van der Waals surface area contributed by atoms with E-state index >= 15 is 0 Å². The summed E-state index contributed by atoms with van der Waals surface area (Å²) in [7, 11) is -1.53. The first kappa shape index (κ1) is 10.6. The topological polar surface area (TPSA) is 21.5 Å². The van der Waals surface area contributed by atoms with Crippen molar-refractivity contribution in [2.75, 3.05) is 13.1 Å². The molecule has 1 aliphatic heterocycles. The second-order valence-corrected chi connectivity index (χ2v) is 8.95. The van der Waals surface area contributed by atoms with Gasteiger partial charge in [-0.1, -0.05) is 0 Å². The molecule has 0 amide bonds. The molecule has 1 aliphatic rings. The summed E-state index contributed by atoms with van der Waals surface area (Å²) >= 11 is 0. The van der Waals surface area contributed by atoms with Gasteiger partial charge in [-0.25, -0.2) is 0 Å². The molecule has 13 heavy (non-hydrogen) atoms. The predicted octanol–water partition coefficient (Wildman–Crippen LogP) is 2.34. The Bertz CT molecular complexity index is 212. The van der Waals surface area contributed by atoms with Gasteiger partial charge in [-0.3, -0.25) is 0 Å².